The van der Waals surface area contributed by atoms with Crippen molar-refractivity contribution < 1.29 is 14.3 Å². The maximum absolute atomic E-state index is 11.7. The molecule has 16 heavy (non-hydrogen) atoms. The van der Waals surface area contributed by atoms with Gasteiger partial charge in [-0.05, 0) is 37.0 Å². The molecule has 0 aliphatic heterocycles. The minimum absolute atomic E-state index is 0.181. The van der Waals surface area contributed by atoms with E-state index in [0.717, 1.165) is 29.5 Å². The largest absolute Gasteiger partial charge is 0.465 e. The van der Waals surface area contributed by atoms with E-state index in [1.807, 2.05) is 6.92 Å². The van der Waals surface area contributed by atoms with E-state index in [-0.39, 0.29) is 11.8 Å². The van der Waals surface area contributed by atoms with Gasteiger partial charge in [-0.15, -0.1) is 0 Å². The summed E-state index contributed by atoms with van der Waals surface area (Å²) in [6.45, 7) is 1.88. The van der Waals surface area contributed by atoms with Crippen LogP contribution in [0.2, 0.25) is 0 Å². The van der Waals surface area contributed by atoms with Crippen molar-refractivity contribution in [2.24, 2.45) is 0 Å². The highest BCUT2D eigenvalue weighted by molar-refractivity contribution is 6.01. The summed E-state index contributed by atoms with van der Waals surface area (Å²) in [5.41, 5.74) is 3.24. The number of hydrogen-bond acceptors (Lipinski definition) is 3. The van der Waals surface area contributed by atoms with Crippen molar-refractivity contribution in [3.8, 4) is 0 Å². The molecule has 2 rings (SSSR count). The van der Waals surface area contributed by atoms with Gasteiger partial charge in [-0.2, -0.15) is 0 Å². The molecule has 0 saturated heterocycles. The molecule has 0 radical (unpaired) electrons. The summed E-state index contributed by atoms with van der Waals surface area (Å²) < 4.78 is 4.71. The van der Waals surface area contributed by atoms with Gasteiger partial charge in [0.1, 0.15) is 0 Å². The first kappa shape index (κ1) is 10.9. The van der Waals surface area contributed by atoms with Crippen LogP contribution in [-0.4, -0.2) is 18.9 Å². The molecule has 0 bridgehead atoms. The molecule has 0 atom stereocenters. The molecular formula is C13H14O3. The molecule has 0 aromatic heterocycles. The van der Waals surface area contributed by atoms with Crippen molar-refractivity contribution in [2.45, 2.75) is 26.2 Å². The van der Waals surface area contributed by atoms with E-state index in [4.69, 9.17) is 4.74 Å². The SMILES string of the molecule is COC(=O)c1ccc2c(c1C)CCCC2=O. The molecule has 0 spiro atoms. The van der Waals surface area contributed by atoms with Gasteiger partial charge in [0, 0.05) is 12.0 Å². The lowest BCUT2D eigenvalue weighted by molar-refractivity contribution is 0.0599. The predicted octanol–water partition coefficient (Wildman–Crippen LogP) is 2.30. The Hall–Kier alpha value is -1.64. The number of ether oxygens (including phenoxy) is 1. The number of carbonyl (C=O) groups is 2. The molecule has 1 aromatic carbocycles. The highest BCUT2D eigenvalue weighted by atomic mass is 16.5. The van der Waals surface area contributed by atoms with Gasteiger partial charge in [0.25, 0.3) is 0 Å². The standard InChI is InChI=1S/C13H14O3/c1-8-9-4-3-5-12(14)11(9)7-6-10(8)13(15)16-2/h6-7H,3-5H2,1-2H3. The van der Waals surface area contributed by atoms with Gasteiger partial charge in [-0.25, -0.2) is 4.79 Å². The number of rotatable bonds is 1. The minimum Gasteiger partial charge on any atom is -0.465 e. The number of hydrogen-bond donors (Lipinski definition) is 0. The first-order valence-corrected chi connectivity index (χ1v) is 5.39. The second kappa shape index (κ2) is 4.08. The second-order valence-electron chi connectivity index (χ2n) is 4.03. The Morgan fingerprint density at radius 2 is 2.06 bits per heavy atom. The Morgan fingerprint density at radius 1 is 1.31 bits per heavy atom. The zero-order valence-corrected chi connectivity index (χ0v) is 9.50. The zero-order chi connectivity index (χ0) is 11.7. The van der Waals surface area contributed by atoms with Crippen LogP contribution in [0.5, 0.6) is 0 Å². The van der Waals surface area contributed by atoms with Gasteiger partial charge in [0.2, 0.25) is 0 Å². The minimum atomic E-state index is -0.335. The molecule has 1 aliphatic rings. The summed E-state index contributed by atoms with van der Waals surface area (Å²) in [6.07, 6.45) is 2.36. The van der Waals surface area contributed by atoms with Crippen molar-refractivity contribution >= 4 is 11.8 Å². The van der Waals surface area contributed by atoms with Gasteiger partial charge < -0.3 is 4.74 Å². The van der Waals surface area contributed by atoms with Crippen LogP contribution in [0.1, 0.15) is 44.7 Å². The summed E-state index contributed by atoms with van der Waals surface area (Å²) in [5, 5.41) is 0. The molecule has 0 fully saturated rings. The molecule has 3 nitrogen and oxygen atoms in total. The van der Waals surface area contributed by atoms with E-state index in [0.29, 0.717) is 12.0 Å². The van der Waals surface area contributed by atoms with E-state index in [9.17, 15) is 9.59 Å². The Bertz CT molecular complexity index is 460. The summed E-state index contributed by atoms with van der Waals surface area (Å²) in [6, 6.07) is 3.43. The van der Waals surface area contributed by atoms with E-state index in [2.05, 4.69) is 0 Å². The van der Waals surface area contributed by atoms with Gasteiger partial charge in [0.05, 0.1) is 12.7 Å². The van der Waals surface area contributed by atoms with Crippen LogP contribution in [-0.2, 0) is 11.2 Å². The van der Waals surface area contributed by atoms with Crippen molar-refractivity contribution in [1.29, 1.82) is 0 Å². The topological polar surface area (TPSA) is 43.4 Å². The Kier molecular flexibility index (Phi) is 2.77. The summed E-state index contributed by atoms with van der Waals surface area (Å²) in [5.74, 6) is -0.154. The third-order valence-electron chi connectivity index (χ3n) is 3.13. The summed E-state index contributed by atoms with van der Waals surface area (Å²) in [7, 11) is 1.37. The Balaban J connectivity index is 2.55. The highest BCUT2D eigenvalue weighted by Gasteiger charge is 2.22. The maximum Gasteiger partial charge on any atom is 0.338 e. The lowest BCUT2D eigenvalue weighted by atomic mass is 9.86. The molecule has 0 saturated carbocycles. The van der Waals surface area contributed by atoms with E-state index < -0.39 is 0 Å². The number of fused-ring (bicyclic) bond motifs is 1. The monoisotopic (exact) mass is 218 g/mol. The highest BCUT2D eigenvalue weighted by Crippen LogP contribution is 2.26. The Labute approximate surface area is 94.4 Å². The molecule has 0 N–H and O–H groups in total. The van der Waals surface area contributed by atoms with Crippen LogP contribution in [0.4, 0.5) is 0 Å². The molecule has 0 heterocycles. The van der Waals surface area contributed by atoms with Gasteiger partial charge >= 0.3 is 5.97 Å². The van der Waals surface area contributed by atoms with E-state index in [1.165, 1.54) is 7.11 Å². The molecule has 1 aliphatic carbocycles. The lowest BCUT2D eigenvalue weighted by Gasteiger charge is -2.18. The first-order chi connectivity index (χ1) is 7.65. The fraction of sp³-hybridized carbons (Fsp3) is 0.385. The molecule has 1 aromatic rings. The lowest BCUT2D eigenvalue weighted by Crippen LogP contribution is -2.15. The van der Waals surface area contributed by atoms with Crippen LogP contribution < -0.4 is 0 Å². The number of ketones is 1. The molecule has 84 valence electrons. The Morgan fingerprint density at radius 3 is 2.75 bits per heavy atom. The van der Waals surface area contributed by atoms with Crippen molar-refractivity contribution in [3.05, 3.63) is 34.4 Å². The second-order valence-corrected chi connectivity index (χ2v) is 4.03. The zero-order valence-electron chi connectivity index (χ0n) is 9.50. The maximum atomic E-state index is 11.7. The average molecular weight is 218 g/mol. The predicted molar refractivity (Wildman–Crippen MR) is 59.8 cm³/mol. The fourth-order valence-corrected chi connectivity index (χ4v) is 2.23. The van der Waals surface area contributed by atoms with Gasteiger partial charge in [0.15, 0.2) is 5.78 Å². The first-order valence-electron chi connectivity index (χ1n) is 5.39. The van der Waals surface area contributed by atoms with Gasteiger partial charge in [-0.1, -0.05) is 6.07 Å². The number of methoxy groups -OCH3 is 1. The fourth-order valence-electron chi connectivity index (χ4n) is 2.23. The van der Waals surface area contributed by atoms with Crippen molar-refractivity contribution in [2.75, 3.05) is 7.11 Å². The normalized spacial score (nSPS) is 14.5. The van der Waals surface area contributed by atoms with Crippen molar-refractivity contribution in [3.63, 3.8) is 0 Å². The smallest absolute Gasteiger partial charge is 0.338 e. The average Bonchev–Trinajstić information content (AvgIpc) is 2.30. The number of esters is 1. The molecular weight excluding hydrogens is 204 g/mol. The van der Waals surface area contributed by atoms with Gasteiger partial charge in [-0.3, -0.25) is 4.79 Å². The number of Topliss-reactive ketones (excluding diaryl/α,β-unsaturated/α-hetero) is 1. The van der Waals surface area contributed by atoms with Crippen LogP contribution in [0, 0.1) is 6.92 Å². The number of carbonyl (C=O) groups excluding carboxylic acids is 2. The van der Waals surface area contributed by atoms with E-state index in [1.54, 1.807) is 12.1 Å². The number of benzene rings is 1. The third kappa shape index (κ3) is 1.62. The summed E-state index contributed by atoms with van der Waals surface area (Å²) in [4.78, 5) is 23.2. The molecule has 0 unspecified atom stereocenters. The van der Waals surface area contributed by atoms with Crippen molar-refractivity contribution in [1.82, 2.24) is 0 Å². The van der Waals surface area contributed by atoms with E-state index >= 15 is 0 Å². The van der Waals surface area contributed by atoms with Crippen LogP contribution in [0.3, 0.4) is 0 Å². The quantitative estimate of drug-likeness (QED) is 0.679. The third-order valence-corrected chi connectivity index (χ3v) is 3.13. The van der Waals surface area contributed by atoms with Crippen LogP contribution in [0.15, 0.2) is 12.1 Å². The van der Waals surface area contributed by atoms with Crippen LogP contribution >= 0.6 is 0 Å². The molecule has 0 amide bonds. The summed E-state index contributed by atoms with van der Waals surface area (Å²) >= 11 is 0. The molecule has 3 heteroatoms. The van der Waals surface area contributed by atoms with Crippen LogP contribution in [0.25, 0.3) is 0 Å².